The zero-order valence-corrected chi connectivity index (χ0v) is 17.9. The van der Waals surface area contributed by atoms with Crippen LogP contribution in [0.2, 0.25) is 0 Å². The molecule has 4 aromatic rings. The summed E-state index contributed by atoms with van der Waals surface area (Å²) in [6, 6.07) is 13.2. The molecule has 1 aliphatic heterocycles. The zero-order valence-electron chi connectivity index (χ0n) is 17.1. The third kappa shape index (κ3) is 4.26. The van der Waals surface area contributed by atoms with E-state index in [0.717, 1.165) is 0 Å². The molecule has 5 rings (SSSR count). The molecule has 0 amide bonds. The first-order valence-electron chi connectivity index (χ1n) is 9.78. The van der Waals surface area contributed by atoms with Crippen molar-refractivity contribution in [1.29, 1.82) is 0 Å². The van der Waals surface area contributed by atoms with Gasteiger partial charge in [-0.05, 0) is 48.5 Å². The van der Waals surface area contributed by atoms with E-state index in [-0.39, 0.29) is 22.0 Å². The van der Waals surface area contributed by atoms with E-state index in [4.69, 9.17) is 9.47 Å². The number of ether oxygens (including phenoxy) is 2. The van der Waals surface area contributed by atoms with E-state index in [1.165, 1.54) is 42.5 Å². The number of benzene rings is 2. The lowest BCUT2D eigenvalue weighted by molar-refractivity contribution is -0.146. The van der Waals surface area contributed by atoms with Gasteiger partial charge in [-0.25, -0.2) is 8.42 Å². The molecule has 3 heterocycles. The minimum Gasteiger partial charge on any atom is -0.486 e. The Balaban J connectivity index is 1.32. The van der Waals surface area contributed by atoms with Crippen LogP contribution in [0.3, 0.4) is 0 Å². The van der Waals surface area contributed by atoms with E-state index in [2.05, 4.69) is 25.3 Å². The number of nitrogens with zero attached hydrogens (tertiary/aromatic N) is 4. The van der Waals surface area contributed by atoms with Crippen molar-refractivity contribution >= 4 is 32.9 Å². The highest BCUT2D eigenvalue weighted by atomic mass is 32.2. The van der Waals surface area contributed by atoms with Gasteiger partial charge in [0.1, 0.15) is 13.2 Å². The molecule has 0 bridgehead atoms. The molecular formula is C20H15F3N6O4S. The highest BCUT2D eigenvalue weighted by Gasteiger charge is 2.37. The average Bonchev–Trinajstić information content (AvgIpc) is 3.24. The predicted octanol–water partition coefficient (Wildman–Crippen LogP) is 3.46. The van der Waals surface area contributed by atoms with Crippen LogP contribution in [-0.4, -0.2) is 41.4 Å². The van der Waals surface area contributed by atoms with E-state index < -0.39 is 22.0 Å². The molecule has 2 aromatic carbocycles. The number of aromatic nitrogens is 4. The fourth-order valence-electron chi connectivity index (χ4n) is 3.21. The lowest BCUT2D eigenvalue weighted by atomic mass is 10.3. The molecule has 0 radical (unpaired) electrons. The summed E-state index contributed by atoms with van der Waals surface area (Å²) < 4.78 is 78.5. The van der Waals surface area contributed by atoms with Gasteiger partial charge in [0.15, 0.2) is 23.0 Å². The molecule has 34 heavy (non-hydrogen) atoms. The fourth-order valence-corrected chi connectivity index (χ4v) is 4.28. The van der Waals surface area contributed by atoms with Gasteiger partial charge < -0.3 is 14.8 Å². The van der Waals surface area contributed by atoms with Gasteiger partial charge in [0.25, 0.3) is 15.8 Å². The Labute approximate surface area is 190 Å². The molecule has 2 N–H and O–H groups in total. The highest BCUT2D eigenvalue weighted by Crippen LogP contribution is 2.33. The Hall–Kier alpha value is -4.07. The number of alkyl halides is 3. The van der Waals surface area contributed by atoms with Crippen LogP contribution in [-0.2, 0) is 16.2 Å². The Bertz CT molecular complexity index is 1470. The number of anilines is 3. The Morgan fingerprint density at radius 1 is 0.882 bits per heavy atom. The van der Waals surface area contributed by atoms with Crippen molar-refractivity contribution in [3.05, 3.63) is 60.4 Å². The van der Waals surface area contributed by atoms with E-state index in [1.807, 2.05) is 0 Å². The molecule has 0 saturated heterocycles. The molecular weight excluding hydrogens is 477 g/mol. The lowest BCUT2D eigenvalue weighted by Crippen LogP contribution is -2.17. The van der Waals surface area contributed by atoms with Crippen LogP contribution in [0.4, 0.5) is 30.4 Å². The molecule has 0 atom stereocenters. The molecule has 14 heteroatoms. The largest absolute Gasteiger partial charge is 0.486 e. The standard InChI is InChI=1S/C20H15F3N6O4S/c21-20(22,23)19-26-25-18-8-7-17(27-29(18)19)24-12-1-3-13(4-2-12)28-34(30,31)14-5-6-15-16(11-14)33-10-9-32-15/h1-8,11,28H,9-10H2,(H,24,27). The third-order valence-corrected chi connectivity index (χ3v) is 6.13. The van der Waals surface area contributed by atoms with Crippen LogP contribution in [0.25, 0.3) is 5.65 Å². The van der Waals surface area contributed by atoms with Crippen molar-refractivity contribution in [1.82, 2.24) is 19.8 Å². The minimum atomic E-state index is -4.71. The van der Waals surface area contributed by atoms with Crippen LogP contribution in [0.5, 0.6) is 11.5 Å². The zero-order chi connectivity index (χ0) is 23.9. The summed E-state index contributed by atoms with van der Waals surface area (Å²) in [6.45, 7) is 0.721. The van der Waals surface area contributed by atoms with Gasteiger partial charge in [-0.1, -0.05) is 0 Å². The van der Waals surface area contributed by atoms with Crippen LogP contribution in [0, 0.1) is 0 Å². The van der Waals surface area contributed by atoms with Crippen LogP contribution in [0.1, 0.15) is 5.82 Å². The second-order valence-electron chi connectivity index (χ2n) is 7.12. The number of sulfonamides is 1. The van der Waals surface area contributed by atoms with E-state index in [9.17, 15) is 21.6 Å². The Kier molecular flexibility index (Phi) is 5.16. The average molecular weight is 492 g/mol. The Morgan fingerprint density at radius 2 is 1.59 bits per heavy atom. The first kappa shape index (κ1) is 21.8. The van der Waals surface area contributed by atoms with Crippen molar-refractivity contribution in [2.24, 2.45) is 0 Å². The quantitative estimate of drug-likeness (QED) is 0.435. The van der Waals surface area contributed by atoms with E-state index >= 15 is 0 Å². The number of hydrogen-bond donors (Lipinski definition) is 2. The number of rotatable bonds is 5. The van der Waals surface area contributed by atoms with Gasteiger partial charge in [-0.3, -0.25) is 4.72 Å². The summed E-state index contributed by atoms with van der Waals surface area (Å²) in [5.74, 6) is -0.307. The normalized spacial score (nSPS) is 13.6. The monoisotopic (exact) mass is 492 g/mol. The summed E-state index contributed by atoms with van der Waals surface area (Å²) in [4.78, 5) is 0.00543. The first-order valence-corrected chi connectivity index (χ1v) is 11.3. The molecule has 0 aliphatic carbocycles. The van der Waals surface area contributed by atoms with Crippen molar-refractivity contribution in [3.63, 3.8) is 0 Å². The van der Waals surface area contributed by atoms with Crippen molar-refractivity contribution in [2.75, 3.05) is 23.3 Å². The topological polar surface area (TPSA) is 120 Å². The molecule has 2 aromatic heterocycles. The summed E-state index contributed by atoms with van der Waals surface area (Å²) >= 11 is 0. The van der Waals surface area contributed by atoms with Crippen molar-refractivity contribution < 1.29 is 31.1 Å². The lowest BCUT2D eigenvalue weighted by Gasteiger charge is -2.19. The smallest absolute Gasteiger partial charge is 0.453 e. The fraction of sp³-hybridized carbons (Fsp3) is 0.150. The number of hydrogen-bond acceptors (Lipinski definition) is 8. The van der Waals surface area contributed by atoms with E-state index in [1.54, 1.807) is 12.1 Å². The molecule has 0 fully saturated rings. The molecule has 176 valence electrons. The maximum atomic E-state index is 13.0. The Morgan fingerprint density at radius 3 is 2.32 bits per heavy atom. The van der Waals surface area contributed by atoms with Crippen LogP contribution in [0.15, 0.2) is 59.5 Å². The molecule has 0 unspecified atom stereocenters. The van der Waals surface area contributed by atoms with Gasteiger partial charge in [0.05, 0.1) is 4.90 Å². The van der Waals surface area contributed by atoms with Crippen molar-refractivity contribution in [2.45, 2.75) is 11.1 Å². The second kappa shape index (κ2) is 8.06. The van der Waals surface area contributed by atoms with Gasteiger partial charge in [-0.2, -0.15) is 17.7 Å². The summed E-state index contributed by atoms with van der Waals surface area (Å²) in [6.07, 6.45) is -4.71. The van der Waals surface area contributed by atoms with Gasteiger partial charge in [0.2, 0.25) is 0 Å². The predicted molar refractivity (Wildman–Crippen MR) is 114 cm³/mol. The van der Waals surface area contributed by atoms with Gasteiger partial charge >= 0.3 is 6.18 Å². The maximum Gasteiger partial charge on any atom is 0.453 e. The number of halogens is 3. The summed E-state index contributed by atoms with van der Waals surface area (Å²) in [5.41, 5.74) is 0.694. The van der Waals surface area contributed by atoms with Crippen LogP contribution >= 0.6 is 0 Å². The van der Waals surface area contributed by atoms with E-state index in [0.29, 0.717) is 34.9 Å². The van der Waals surface area contributed by atoms with Crippen molar-refractivity contribution in [3.8, 4) is 11.5 Å². The van der Waals surface area contributed by atoms with Gasteiger partial charge in [-0.15, -0.1) is 15.3 Å². The minimum absolute atomic E-state index is 0.00543. The first-order chi connectivity index (χ1) is 16.2. The highest BCUT2D eigenvalue weighted by molar-refractivity contribution is 7.92. The number of nitrogens with one attached hydrogen (secondary N) is 2. The molecule has 1 aliphatic rings. The third-order valence-electron chi connectivity index (χ3n) is 4.75. The molecule has 0 spiro atoms. The summed E-state index contributed by atoms with van der Waals surface area (Å²) in [5, 5.41) is 13.3. The maximum absolute atomic E-state index is 13.0. The van der Waals surface area contributed by atoms with Gasteiger partial charge in [0, 0.05) is 17.4 Å². The SMILES string of the molecule is O=S(=O)(Nc1ccc(Nc2ccc3nnc(C(F)(F)F)n3n2)cc1)c1ccc2c(c1)OCCO2. The second-order valence-corrected chi connectivity index (χ2v) is 8.81. The number of fused-ring (bicyclic) bond motifs is 2. The summed E-state index contributed by atoms with van der Waals surface area (Å²) in [7, 11) is -3.90. The molecule has 0 saturated carbocycles. The molecule has 10 nitrogen and oxygen atoms in total. The van der Waals surface area contributed by atoms with Crippen LogP contribution < -0.4 is 19.5 Å².